The van der Waals surface area contributed by atoms with Crippen LogP contribution in [0, 0.1) is 13.8 Å². The van der Waals surface area contributed by atoms with E-state index in [1.165, 1.54) is 16.7 Å². The number of morpholine rings is 1. The van der Waals surface area contributed by atoms with Crippen LogP contribution < -0.4 is 5.32 Å². The number of aryl methyl sites for hydroxylation is 2. The van der Waals surface area contributed by atoms with Gasteiger partial charge in [0.05, 0.1) is 19.3 Å². The molecule has 0 radical (unpaired) electrons. The zero-order chi connectivity index (χ0) is 15.5. The van der Waals surface area contributed by atoms with Crippen molar-refractivity contribution in [3.63, 3.8) is 0 Å². The number of ether oxygens (including phenoxy) is 1. The fraction of sp³-hybridized carbons (Fsp3) is 0.667. The number of rotatable bonds is 5. The van der Waals surface area contributed by atoms with Gasteiger partial charge in [0.1, 0.15) is 0 Å². The average molecular weight is 290 g/mol. The fourth-order valence-corrected chi connectivity index (χ4v) is 3.42. The first-order chi connectivity index (χ1) is 9.96. The first-order valence-electron chi connectivity index (χ1n) is 8.10. The molecule has 1 N–H and O–H groups in total. The number of benzene rings is 1. The van der Waals surface area contributed by atoms with E-state index in [4.69, 9.17) is 4.74 Å². The zero-order valence-electron chi connectivity index (χ0n) is 14.2. The van der Waals surface area contributed by atoms with Crippen molar-refractivity contribution in [2.75, 3.05) is 32.8 Å². The lowest BCUT2D eigenvalue weighted by Gasteiger charge is -2.46. The van der Waals surface area contributed by atoms with Crippen molar-refractivity contribution in [2.24, 2.45) is 0 Å². The molecule has 0 saturated carbocycles. The summed E-state index contributed by atoms with van der Waals surface area (Å²) in [7, 11) is 0. The first-order valence-corrected chi connectivity index (χ1v) is 8.10. The van der Waals surface area contributed by atoms with Crippen LogP contribution in [-0.2, 0) is 4.74 Å². The molecule has 1 aliphatic rings. The quantitative estimate of drug-likeness (QED) is 0.902. The third-order valence-electron chi connectivity index (χ3n) is 4.68. The molecule has 0 aliphatic carbocycles. The van der Waals surface area contributed by atoms with E-state index >= 15 is 0 Å². The molecule has 1 aromatic rings. The molecule has 0 amide bonds. The Hall–Kier alpha value is -0.900. The van der Waals surface area contributed by atoms with Gasteiger partial charge in [-0.1, -0.05) is 30.7 Å². The number of likely N-dealkylation sites (N-methyl/N-ethyl adjacent to an activating group) is 1. The van der Waals surface area contributed by atoms with Crippen LogP contribution in [-0.4, -0.2) is 43.3 Å². The molecule has 3 nitrogen and oxygen atoms in total. The molecule has 1 aliphatic heterocycles. The highest BCUT2D eigenvalue weighted by Crippen LogP contribution is 2.33. The minimum Gasteiger partial charge on any atom is -0.379 e. The highest BCUT2D eigenvalue weighted by atomic mass is 16.5. The molecule has 2 rings (SSSR count). The van der Waals surface area contributed by atoms with Crippen LogP contribution in [0.3, 0.4) is 0 Å². The van der Waals surface area contributed by atoms with E-state index in [1.807, 2.05) is 0 Å². The standard InChI is InChI=1S/C18H30N2O/c1-6-19-17(16-8-7-14(2)13-15(16)3)18(4,5)20-9-11-21-12-10-20/h7-8,13,17,19H,6,9-12H2,1-5H3. The van der Waals surface area contributed by atoms with Crippen molar-refractivity contribution >= 4 is 0 Å². The van der Waals surface area contributed by atoms with Gasteiger partial charge in [0, 0.05) is 18.6 Å². The van der Waals surface area contributed by atoms with Gasteiger partial charge in [-0.3, -0.25) is 4.90 Å². The predicted octanol–water partition coefficient (Wildman–Crippen LogP) is 3.06. The molecule has 118 valence electrons. The summed E-state index contributed by atoms with van der Waals surface area (Å²) < 4.78 is 5.52. The molecule has 3 heteroatoms. The van der Waals surface area contributed by atoms with E-state index in [2.05, 4.69) is 63.0 Å². The Morgan fingerprint density at radius 3 is 2.48 bits per heavy atom. The lowest BCUT2D eigenvalue weighted by Crippen LogP contribution is -2.56. The van der Waals surface area contributed by atoms with Gasteiger partial charge < -0.3 is 10.1 Å². The van der Waals surface area contributed by atoms with E-state index < -0.39 is 0 Å². The maximum Gasteiger partial charge on any atom is 0.0594 e. The van der Waals surface area contributed by atoms with Crippen molar-refractivity contribution in [1.82, 2.24) is 10.2 Å². The zero-order valence-corrected chi connectivity index (χ0v) is 14.2. The van der Waals surface area contributed by atoms with E-state index in [0.717, 1.165) is 32.8 Å². The van der Waals surface area contributed by atoms with Gasteiger partial charge in [-0.2, -0.15) is 0 Å². The summed E-state index contributed by atoms with van der Waals surface area (Å²) in [5.41, 5.74) is 4.19. The second-order valence-corrected chi connectivity index (χ2v) is 6.60. The molecule has 0 aromatic heterocycles. The van der Waals surface area contributed by atoms with Gasteiger partial charge in [-0.05, 0) is 45.4 Å². The van der Waals surface area contributed by atoms with E-state index in [-0.39, 0.29) is 5.54 Å². The predicted molar refractivity (Wildman–Crippen MR) is 88.8 cm³/mol. The van der Waals surface area contributed by atoms with E-state index in [0.29, 0.717) is 6.04 Å². The molecule has 1 fully saturated rings. The van der Waals surface area contributed by atoms with Crippen molar-refractivity contribution in [2.45, 2.75) is 46.2 Å². The molecule has 0 bridgehead atoms. The van der Waals surface area contributed by atoms with Gasteiger partial charge >= 0.3 is 0 Å². The van der Waals surface area contributed by atoms with Gasteiger partial charge in [0.2, 0.25) is 0 Å². The Balaban J connectivity index is 2.32. The highest BCUT2D eigenvalue weighted by Gasteiger charge is 2.37. The van der Waals surface area contributed by atoms with Crippen LogP contribution in [0.4, 0.5) is 0 Å². The first kappa shape index (κ1) is 16.5. The fourth-order valence-electron chi connectivity index (χ4n) is 3.42. The Bertz CT molecular complexity index is 464. The minimum atomic E-state index is 0.0693. The van der Waals surface area contributed by atoms with Crippen LogP contribution in [0.2, 0.25) is 0 Å². The lowest BCUT2D eigenvalue weighted by atomic mass is 9.84. The summed E-state index contributed by atoms with van der Waals surface area (Å²) in [6.45, 7) is 16.0. The van der Waals surface area contributed by atoms with E-state index in [9.17, 15) is 0 Å². The Morgan fingerprint density at radius 1 is 1.24 bits per heavy atom. The smallest absolute Gasteiger partial charge is 0.0594 e. The van der Waals surface area contributed by atoms with Gasteiger partial charge in [-0.25, -0.2) is 0 Å². The van der Waals surface area contributed by atoms with Crippen LogP contribution >= 0.6 is 0 Å². The average Bonchev–Trinajstić information content (AvgIpc) is 2.46. The monoisotopic (exact) mass is 290 g/mol. The highest BCUT2D eigenvalue weighted by molar-refractivity contribution is 5.34. The summed E-state index contributed by atoms with van der Waals surface area (Å²) in [4.78, 5) is 2.56. The molecule has 1 heterocycles. The maximum atomic E-state index is 5.52. The summed E-state index contributed by atoms with van der Waals surface area (Å²) in [6.07, 6.45) is 0. The van der Waals surface area contributed by atoms with Crippen molar-refractivity contribution in [1.29, 1.82) is 0 Å². The third-order valence-corrected chi connectivity index (χ3v) is 4.68. The molecule has 1 saturated heterocycles. The maximum absolute atomic E-state index is 5.52. The summed E-state index contributed by atoms with van der Waals surface area (Å²) in [5, 5.41) is 3.71. The van der Waals surface area contributed by atoms with Gasteiger partial charge in [-0.15, -0.1) is 0 Å². The van der Waals surface area contributed by atoms with Crippen molar-refractivity contribution < 1.29 is 4.74 Å². The summed E-state index contributed by atoms with van der Waals surface area (Å²) in [5.74, 6) is 0. The van der Waals surface area contributed by atoms with Gasteiger partial charge in [0.25, 0.3) is 0 Å². The number of hydrogen-bond donors (Lipinski definition) is 1. The topological polar surface area (TPSA) is 24.5 Å². The largest absolute Gasteiger partial charge is 0.379 e. The second-order valence-electron chi connectivity index (χ2n) is 6.60. The third kappa shape index (κ3) is 3.65. The molecule has 0 spiro atoms. The van der Waals surface area contributed by atoms with Crippen molar-refractivity contribution in [3.05, 3.63) is 34.9 Å². The molecular weight excluding hydrogens is 260 g/mol. The van der Waals surface area contributed by atoms with Gasteiger partial charge in [0.15, 0.2) is 0 Å². The number of nitrogens with zero attached hydrogens (tertiary/aromatic N) is 1. The second kappa shape index (κ2) is 6.91. The summed E-state index contributed by atoms with van der Waals surface area (Å²) in [6, 6.07) is 7.14. The Kier molecular flexibility index (Phi) is 5.42. The molecular formula is C18H30N2O. The summed E-state index contributed by atoms with van der Waals surface area (Å²) >= 11 is 0. The lowest BCUT2D eigenvalue weighted by molar-refractivity contribution is -0.0237. The molecule has 1 unspecified atom stereocenters. The molecule has 1 aromatic carbocycles. The SMILES string of the molecule is CCNC(c1ccc(C)cc1C)C(C)(C)N1CCOCC1. The van der Waals surface area contributed by atoms with E-state index in [1.54, 1.807) is 0 Å². The van der Waals surface area contributed by atoms with Crippen molar-refractivity contribution in [3.8, 4) is 0 Å². The Morgan fingerprint density at radius 2 is 1.90 bits per heavy atom. The van der Waals surface area contributed by atoms with Crippen LogP contribution in [0.25, 0.3) is 0 Å². The molecule has 1 atom stereocenters. The van der Waals surface area contributed by atoms with Crippen LogP contribution in [0.1, 0.15) is 43.5 Å². The molecule has 21 heavy (non-hydrogen) atoms. The van der Waals surface area contributed by atoms with Crippen LogP contribution in [0.15, 0.2) is 18.2 Å². The number of hydrogen-bond acceptors (Lipinski definition) is 3. The number of nitrogens with one attached hydrogen (secondary N) is 1. The normalized spacial score (nSPS) is 18.7. The van der Waals surface area contributed by atoms with Crippen LogP contribution in [0.5, 0.6) is 0 Å². The minimum absolute atomic E-state index is 0.0693. The Labute approximate surface area is 129 Å².